The van der Waals surface area contributed by atoms with Gasteiger partial charge in [0.1, 0.15) is 11.5 Å². The van der Waals surface area contributed by atoms with E-state index in [4.69, 9.17) is 23.7 Å². The van der Waals surface area contributed by atoms with E-state index in [9.17, 15) is 24.0 Å². The summed E-state index contributed by atoms with van der Waals surface area (Å²) < 4.78 is 22.6. The number of aliphatic hydroxyl groups excluding tert-OH is 1. The maximum Gasteiger partial charge on any atom is 0.347 e. The first-order valence-corrected chi connectivity index (χ1v) is 17.0. The molecule has 3 fully saturated rings. The molecule has 3 aliphatic rings. The summed E-state index contributed by atoms with van der Waals surface area (Å²) >= 11 is 0. The van der Waals surface area contributed by atoms with Gasteiger partial charge in [0.15, 0.2) is 0 Å². The van der Waals surface area contributed by atoms with Crippen LogP contribution in [0.1, 0.15) is 51.4 Å². The standard InChI is InChI=1S/C36H41N3O10/c40-18-15-37-31(41)22-5-9-25(10-6-22)35(44)48-30-14-13-26(21-28(30)32-38-29-4-2-1-3-27(29)36(45)49-32)47-34(43)24-11-7-23(8-12-24)33(42)39-16-19-46-20-17-39/h1-4,13-14,21-25,40H,5-12,15-20H2,(H,37,41). The number of aromatic nitrogens is 1. The fourth-order valence-corrected chi connectivity index (χ4v) is 6.89. The molecule has 0 unspecified atom stereocenters. The molecule has 6 rings (SSSR count). The smallest absolute Gasteiger partial charge is 0.347 e. The number of ether oxygens (including phenoxy) is 3. The van der Waals surface area contributed by atoms with Crippen LogP contribution in [0.5, 0.6) is 11.5 Å². The van der Waals surface area contributed by atoms with Crippen molar-refractivity contribution in [3.05, 3.63) is 52.9 Å². The van der Waals surface area contributed by atoms with Crippen molar-refractivity contribution in [3.63, 3.8) is 0 Å². The van der Waals surface area contributed by atoms with Crippen molar-refractivity contribution in [1.82, 2.24) is 15.2 Å². The molecule has 0 bridgehead atoms. The van der Waals surface area contributed by atoms with Crippen LogP contribution >= 0.6 is 0 Å². The van der Waals surface area contributed by atoms with Crippen molar-refractivity contribution in [1.29, 1.82) is 0 Å². The summed E-state index contributed by atoms with van der Waals surface area (Å²) in [5.74, 6) is -1.99. The largest absolute Gasteiger partial charge is 0.426 e. The zero-order chi connectivity index (χ0) is 34.3. The van der Waals surface area contributed by atoms with Crippen LogP contribution in [0.25, 0.3) is 22.4 Å². The first-order chi connectivity index (χ1) is 23.8. The number of hydrogen-bond donors (Lipinski definition) is 2. The van der Waals surface area contributed by atoms with Gasteiger partial charge < -0.3 is 34.0 Å². The highest BCUT2D eigenvalue weighted by molar-refractivity contribution is 5.83. The number of aliphatic hydroxyl groups is 1. The van der Waals surface area contributed by atoms with Gasteiger partial charge in [-0.25, -0.2) is 9.78 Å². The third kappa shape index (κ3) is 8.16. The molecule has 2 saturated carbocycles. The van der Waals surface area contributed by atoms with Gasteiger partial charge in [-0.2, -0.15) is 0 Å². The number of benzene rings is 2. The Balaban J connectivity index is 1.16. The van der Waals surface area contributed by atoms with Crippen molar-refractivity contribution >= 4 is 34.7 Å². The van der Waals surface area contributed by atoms with Gasteiger partial charge in [0, 0.05) is 31.5 Å². The second-order valence-electron chi connectivity index (χ2n) is 12.9. The van der Waals surface area contributed by atoms with E-state index in [1.54, 1.807) is 24.3 Å². The summed E-state index contributed by atoms with van der Waals surface area (Å²) in [4.78, 5) is 71.1. The molecule has 0 radical (unpaired) electrons. The molecule has 1 aromatic heterocycles. The molecule has 2 aromatic carbocycles. The summed E-state index contributed by atoms with van der Waals surface area (Å²) in [5, 5.41) is 12.0. The van der Waals surface area contributed by atoms with Crippen LogP contribution in [0.3, 0.4) is 0 Å². The van der Waals surface area contributed by atoms with Crippen LogP contribution in [-0.2, 0) is 23.9 Å². The van der Waals surface area contributed by atoms with E-state index in [2.05, 4.69) is 10.3 Å². The van der Waals surface area contributed by atoms with Crippen LogP contribution in [0.15, 0.2) is 51.7 Å². The highest BCUT2D eigenvalue weighted by Gasteiger charge is 2.34. The normalized spacial score (nSPS) is 22.7. The highest BCUT2D eigenvalue weighted by atomic mass is 16.5. The summed E-state index contributed by atoms with van der Waals surface area (Å²) in [5.41, 5.74) is -0.0746. The molecule has 13 nitrogen and oxygen atoms in total. The Bertz CT molecular complexity index is 1730. The van der Waals surface area contributed by atoms with Crippen LogP contribution in [0.2, 0.25) is 0 Å². The van der Waals surface area contributed by atoms with E-state index < -0.39 is 23.5 Å². The Morgan fingerprint density at radius 1 is 0.837 bits per heavy atom. The zero-order valence-corrected chi connectivity index (χ0v) is 27.3. The Labute approximate surface area is 282 Å². The summed E-state index contributed by atoms with van der Waals surface area (Å²) in [6.45, 7) is 2.31. The number of morpholine rings is 1. The second kappa shape index (κ2) is 15.7. The average molecular weight is 676 g/mol. The summed E-state index contributed by atoms with van der Waals surface area (Å²) in [6.07, 6.45) is 4.14. The minimum Gasteiger partial charge on any atom is -0.426 e. The number of fused-ring (bicyclic) bond motifs is 1. The molecule has 49 heavy (non-hydrogen) atoms. The molecule has 2 N–H and O–H groups in total. The average Bonchev–Trinajstić information content (AvgIpc) is 3.14. The quantitative estimate of drug-likeness (QED) is 0.252. The van der Waals surface area contributed by atoms with Crippen LogP contribution in [-0.4, -0.2) is 78.2 Å². The van der Waals surface area contributed by atoms with Crippen molar-refractivity contribution in [2.45, 2.75) is 51.4 Å². The highest BCUT2D eigenvalue weighted by Crippen LogP contribution is 2.37. The Morgan fingerprint density at radius 2 is 1.47 bits per heavy atom. The topological polar surface area (TPSA) is 175 Å². The Kier molecular flexibility index (Phi) is 11.0. The van der Waals surface area contributed by atoms with Crippen LogP contribution < -0.4 is 20.4 Å². The van der Waals surface area contributed by atoms with E-state index in [1.165, 1.54) is 18.2 Å². The minimum atomic E-state index is -0.624. The van der Waals surface area contributed by atoms with Crippen molar-refractivity contribution in [3.8, 4) is 23.0 Å². The van der Waals surface area contributed by atoms with E-state index in [1.807, 2.05) is 4.90 Å². The molecule has 1 aliphatic heterocycles. The molecule has 260 valence electrons. The predicted molar refractivity (Wildman–Crippen MR) is 175 cm³/mol. The molecule has 2 aliphatic carbocycles. The van der Waals surface area contributed by atoms with E-state index in [-0.39, 0.29) is 71.1 Å². The number of carbonyl (C=O) groups is 4. The molecule has 0 spiro atoms. The van der Waals surface area contributed by atoms with Gasteiger partial charge in [-0.05, 0) is 81.7 Å². The molecule has 1 saturated heterocycles. The van der Waals surface area contributed by atoms with Crippen LogP contribution in [0.4, 0.5) is 0 Å². The number of amides is 2. The fraction of sp³-hybridized carbons (Fsp3) is 0.500. The van der Waals surface area contributed by atoms with Gasteiger partial charge in [0.05, 0.1) is 48.1 Å². The van der Waals surface area contributed by atoms with Crippen LogP contribution in [0, 0.1) is 23.7 Å². The third-order valence-corrected chi connectivity index (χ3v) is 9.72. The number of hydrogen-bond acceptors (Lipinski definition) is 11. The number of nitrogens with zero attached hydrogens (tertiary/aromatic N) is 2. The molecular formula is C36H41N3O10. The van der Waals surface area contributed by atoms with Gasteiger partial charge in [0.2, 0.25) is 17.7 Å². The molecule has 2 amide bonds. The van der Waals surface area contributed by atoms with Crippen molar-refractivity contribution in [2.24, 2.45) is 23.7 Å². The first-order valence-electron chi connectivity index (χ1n) is 17.0. The van der Waals surface area contributed by atoms with Gasteiger partial charge in [0.25, 0.3) is 0 Å². The number of para-hydroxylation sites is 1. The lowest BCUT2D eigenvalue weighted by Crippen LogP contribution is -2.44. The SMILES string of the molecule is O=C(NCCO)C1CCC(C(=O)Oc2ccc(OC(=O)C3CCC(C(=O)N4CCOCC4)CC3)cc2-c2nc3ccccc3c(=O)o2)CC1. The molecular weight excluding hydrogens is 634 g/mol. The number of carbonyl (C=O) groups excluding carboxylic acids is 4. The lowest BCUT2D eigenvalue weighted by molar-refractivity contribution is -0.145. The number of esters is 2. The maximum atomic E-state index is 13.3. The van der Waals surface area contributed by atoms with Gasteiger partial charge in [-0.1, -0.05) is 12.1 Å². The molecule has 3 aromatic rings. The van der Waals surface area contributed by atoms with Gasteiger partial charge >= 0.3 is 17.6 Å². The first kappa shape index (κ1) is 34.3. The minimum absolute atomic E-state index is 0.0840. The van der Waals surface area contributed by atoms with E-state index >= 15 is 0 Å². The third-order valence-electron chi connectivity index (χ3n) is 9.72. The number of nitrogens with one attached hydrogen (secondary N) is 1. The van der Waals surface area contributed by atoms with Crippen molar-refractivity contribution in [2.75, 3.05) is 39.5 Å². The lowest BCUT2D eigenvalue weighted by Gasteiger charge is -2.33. The maximum absolute atomic E-state index is 13.3. The zero-order valence-electron chi connectivity index (χ0n) is 27.3. The number of rotatable bonds is 9. The van der Waals surface area contributed by atoms with Gasteiger partial charge in [-0.3, -0.25) is 19.2 Å². The van der Waals surface area contributed by atoms with Gasteiger partial charge in [-0.15, -0.1) is 0 Å². The summed E-state index contributed by atoms with van der Waals surface area (Å²) in [6, 6.07) is 11.2. The van der Waals surface area contributed by atoms with Crippen molar-refractivity contribution < 1.29 is 42.9 Å². The summed E-state index contributed by atoms with van der Waals surface area (Å²) in [7, 11) is 0. The molecule has 0 atom stereocenters. The Morgan fingerprint density at radius 3 is 2.16 bits per heavy atom. The fourth-order valence-electron chi connectivity index (χ4n) is 6.89. The predicted octanol–water partition coefficient (Wildman–Crippen LogP) is 3.25. The van der Waals surface area contributed by atoms with E-state index in [0.717, 1.165) is 0 Å². The Hall–Kier alpha value is -4.62. The second-order valence-corrected chi connectivity index (χ2v) is 12.9. The monoisotopic (exact) mass is 675 g/mol. The molecule has 2 heterocycles. The van der Waals surface area contributed by atoms with E-state index in [0.29, 0.717) is 83.2 Å². The molecule has 13 heteroatoms. The lowest BCUT2D eigenvalue weighted by atomic mass is 9.81.